The van der Waals surface area contributed by atoms with E-state index in [1.54, 1.807) is 0 Å². The highest BCUT2D eigenvalue weighted by Crippen LogP contribution is 2.14. The van der Waals surface area contributed by atoms with Gasteiger partial charge in [0.25, 0.3) is 0 Å². The summed E-state index contributed by atoms with van der Waals surface area (Å²) in [5.41, 5.74) is 0. The van der Waals surface area contributed by atoms with E-state index in [-0.39, 0.29) is 31.1 Å². The molecule has 63 heavy (non-hydrogen) atoms. The van der Waals surface area contributed by atoms with E-state index in [9.17, 15) is 14.4 Å². The van der Waals surface area contributed by atoms with E-state index in [1.807, 2.05) is 0 Å². The number of ether oxygens (including phenoxy) is 3. The Morgan fingerprint density at radius 3 is 1.03 bits per heavy atom. The average Bonchev–Trinajstić information content (AvgIpc) is 3.28. The lowest BCUT2D eigenvalue weighted by Crippen LogP contribution is -2.30. The van der Waals surface area contributed by atoms with Gasteiger partial charge in [-0.2, -0.15) is 0 Å². The molecule has 0 aliphatic heterocycles. The molecule has 0 amide bonds. The van der Waals surface area contributed by atoms with Crippen LogP contribution in [-0.4, -0.2) is 37.2 Å². The molecule has 0 saturated carbocycles. The van der Waals surface area contributed by atoms with Crippen LogP contribution >= 0.6 is 0 Å². The molecule has 0 heterocycles. The van der Waals surface area contributed by atoms with Gasteiger partial charge >= 0.3 is 17.9 Å². The maximum atomic E-state index is 12.8. The normalized spacial score (nSPS) is 12.6. The Bertz CT molecular complexity index is 1190. The van der Waals surface area contributed by atoms with Crippen LogP contribution in [0.5, 0.6) is 0 Å². The molecular formula is C57H98O6. The molecule has 0 fully saturated rings. The van der Waals surface area contributed by atoms with Crippen molar-refractivity contribution in [3.63, 3.8) is 0 Å². The van der Waals surface area contributed by atoms with Crippen molar-refractivity contribution in [2.24, 2.45) is 0 Å². The minimum absolute atomic E-state index is 0.0855. The van der Waals surface area contributed by atoms with Crippen molar-refractivity contribution in [3.8, 4) is 0 Å². The van der Waals surface area contributed by atoms with Crippen molar-refractivity contribution < 1.29 is 28.6 Å². The number of rotatable bonds is 47. The molecule has 0 saturated heterocycles. The smallest absolute Gasteiger partial charge is 0.306 e. The van der Waals surface area contributed by atoms with Crippen molar-refractivity contribution in [2.45, 2.75) is 258 Å². The van der Waals surface area contributed by atoms with Crippen LogP contribution in [0.2, 0.25) is 0 Å². The van der Waals surface area contributed by atoms with Gasteiger partial charge < -0.3 is 14.2 Å². The Kier molecular flexibility index (Phi) is 48.9. The van der Waals surface area contributed by atoms with Gasteiger partial charge in [0.15, 0.2) is 6.10 Å². The molecule has 0 N–H and O–H groups in total. The van der Waals surface area contributed by atoms with Crippen LogP contribution in [0.25, 0.3) is 0 Å². The Morgan fingerprint density at radius 1 is 0.333 bits per heavy atom. The Hall–Kier alpha value is -3.15. The minimum atomic E-state index is -0.785. The highest BCUT2D eigenvalue weighted by molar-refractivity contribution is 5.71. The van der Waals surface area contributed by atoms with Crippen LogP contribution < -0.4 is 0 Å². The van der Waals surface area contributed by atoms with Crippen LogP contribution in [0, 0.1) is 0 Å². The first kappa shape index (κ1) is 59.9. The topological polar surface area (TPSA) is 78.9 Å². The molecule has 0 aromatic heterocycles. The number of unbranched alkanes of at least 4 members (excludes halogenated alkanes) is 24. The number of allylic oxidation sites excluding steroid dienone is 12. The summed E-state index contributed by atoms with van der Waals surface area (Å²) in [4.78, 5) is 38.0. The second-order valence-electron chi connectivity index (χ2n) is 17.4. The summed E-state index contributed by atoms with van der Waals surface area (Å²) < 4.78 is 16.8. The molecule has 0 spiro atoms. The third-order valence-electron chi connectivity index (χ3n) is 11.2. The zero-order valence-electron chi connectivity index (χ0n) is 41.3. The van der Waals surface area contributed by atoms with E-state index in [1.165, 1.54) is 103 Å². The van der Waals surface area contributed by atoms with Gasteiger partial charge in [0.1, 0.15) is 13.2 Å². The minimum Gasteiger partial charge on any atom is -0.462 e. The lowest BCUT2D eigenvalue weighted by atomic mass is 10.1. The maximum absolute atomic E-state index is 12.8. The fourth-order valence-electron chi connectivity index (χ4n) is 7.17. The van der Waals surface area contributed by atoms with Crippen LogP contribution in [0.4, 0.5) is 0 Å². The fourth-order valence-corrected chi connectivity index (χ4v) is 7.17. The van der Waals surface area contributed by atoms with Crippen LogP contribution in [0.1, 0.15) is 252 Å². The third-order valence-corrected chi connectivity index (χ3v) is 11.2. The summed E-state index contributed by atoms with van der Waals surface area (Å²) >= 11 is 0. The maximum Gasteiger partial charge on any atom is 0.306 e. The van der Waals surface area contributed by atoms with Crippen molar-refractivity contribution in [2.75, 3.05) is 13.2 Å². The monoisotopic (exact) mass is 879 g/mol. The molecule has 0 bridgehead atoms. The van der Waals surface area contributed by atoms with E-state index < -0.39 is 6.10 Å². The molecule has 6 nitrogen and oxygen atoms in total. The highest BCUT2D eigenvalue weighted by atomic mass is 16.6. The molecule has 1 atom stereocenters. The molecule has 0 aromatic rings. The van der Waals surface area contributed by atoms with E-state index in [4.69, 9.17) is 14.2 Å². The molecule has 0 aromatic carbocycles. The summed E-state index contributed by atoms with van der Waals surface area (Å²) in [6.07, 6.45) is 64.6. The fraction of sp³-hybridized carbons (Fsp3) is 0.737. The van der Waals surface area contributed by atoms with Gasteiger partial charge in [0, 0.05) is 19.3 Å². The second kappa shape index (κ2) is 51.5. The van der Waals surface area contributed by atoms with E-state index in [0.717, 1.165) is 109 Å². The van der Waals surface area contributed by atoms with Gasteiger partial charge in [-0.1, -0.05) is 203 Å². The van der Waals surface area contributed by atoms with Crippen LogP contribution in [-0.2, 0) is 28.6 Å². The van der Waals surface area contributed by atoms with Gasteiger partial charge in [0.2, 0.25) is 0 Å². The van der Waals surface area contributed by atoms with E-state index in [0.29, 0.717) is 19.3 Å². The first-order chi connectivity index (χ1) is 31.0. The third kappa shape index (κ3) is 49.7. The molecule has 1 unspecified atom stereocenters. The van der Waals surface area contributed by atoms with E-state index >= 15 is 0 Å². The molecule has 0 radical (unpaired) electrons. The largest absolute Gasteiger partial charge is 0.462 e. The summed E-state index contributed by atoms with van der Waals surface area (Å²) in [6, 6.07) is 0. The van der Waals surface area contributed by atoms with Crippen LogP contribution in [0.3, 0.4) is 0 Å². The van der Waals surface area contributed by atoms with Gasteiger partial charge in [-0.05, 0) is 103 Å². The number of hydrogen-bond acceptors (Lipinski definition) is 6. The molecule has 0 aliphatic rings. The number of carbonyl (C=O) groups is 3. The Morgan fingerprint density at radius 2 is 0.635 bits per heavy atom. The Balaban J connectivity index is 4.34. The molecular weight excluding hydrogens is 781 g/mol. The van der Waals surface area contributed by atoms with Crippen molar-refractivity contribution in [3.05, 3.63) is 72.9 Å². The average molecular weight is 879 g/mol. The van der Waals surface area contributed by atoms with Gasteiger partial charge in [-0.15, -0.1) is 0 Å². The molecule has 0 aliphatic carbocycles. The summed E-state index contributed by atoms with van der Waals surface area (Å²) in [6.45, 7) is 6.45. The zero-order valence-corrected chi connectivity index (χ0v) is 41.3. The summed E-state index contributed by atoms with van der Waals surface area (Å²) in [7, 11) is 0. The lowest BCUT2D eigenvalue weighted by molar-refractivity contribution is -0.167. The highest BCUT2D eigenvalue weighted by Gasteiger charge is 2.19. The first-order valence-corrected chi connectivity index (χ1v) is 26.4. The number of carbonyl (C=O) groups excluding carboxylic acids is 3. The van der Waals surface area contributed by atoms with Crippen LogP contribution in [0.15, 0.2) is 72.9 Å². The Labute approximate surface area is 389 Å². The predicted molar refractivity (Wildman–Crippen MR) is 270 cm³/mol. The molecule has 362 valence electrons. The zero-order chi connectivity index (χ0) is 45.8. The summed E-state index contributed by atoms with van der Waals surface area (Å²) in [5, 5.41) is 0. The van der Waals surface area contributed by atoms with E-state index in [2.05, 4.69) is 93.7 Å². The standard InChI is InChI=1S/C57H98O6/c1-4-7-10-13-16-19-22-24-25-26-27-28-29-30-31-33-35-38-41-44-47-50-56(59)62-53-54(52-61-55(58)49-46-43-40-37-34-21-18-15-12-9-6-3)63-57(60)51-48-45-42-39-36-32-23-20-17-14-11-8-5-2/h7,10,15-16,18-20,23-25,27-28,54H,4-6,8-9,11-14,17,21-22,26,29-53H2,1-3H3/b10-7-,18-15-,19-16-,23-20-,25-24-,28-27-. The number of esters is 3. The quantitative estimate of drug-likeness (QED) is 0.0262. The number of hydrogen-bond donors (Lipinski definition) is 0. The van der Waals surface area contributed by atoms with Crippen molar-refractivity contribution >= 4 is 17.9 Å². The molecule has 6 heteroatoms. The SMILES string of the molecule is CC/C=C\C/C=C\C/C=C\C/C=C\CCCCCCCCCCC(=O)OCC(COC(=O)CCCCCCC/C=C\CCCC)OC(=O)CCCCCCC/C=C\CCCCCC. The second-order valence-corrected chi connectivity index (χ2v) is 17.4. The molecule has 0 rings (SSSR count). The predicted octanol–water partition coefficient (Wildman–Crippen LogP) is 17.4. The first-order valence-electron chi connectivity index (χ1n) is 26.4. The lowest BCUT2D eigenvalue weighted by Gasteiger charge is -2.18. The van der Waals surface area contributed by atoms with Gasteiger partial charge in [-0.25, -0.2) is 0 Å². The van der Waals surface area contributed by atoms with Crippen molar-refractivity contribution in [1.29, 1.82) is 0 Å². The van der Waals surface area contributed by atoms with Gasteiger partial charge in [0.05, 0.1) is 0 Å². The summed E-state index contributed by atoms with van der Waals surface area (Å²) in [5.74, 6) is -0.910. The van der Waals surface area contributed by atoms with Gasteiger partial charge in [-0.3, -0.25) is 14.4 Å². The van der Waals surface area contributed by atoms with Crippen molar-refractivity contribution in [1.82, 2.24) is 0 Å².